The van der Waals surface area contributed by atoms with Crippen molar-refractivity contribution >= 4 is 21.8 Å². The highest BCUT2D eigenvalue weighted by Crippen LogP contribution is 2.22. The summed E-state index contributed by atoms with van der Waals surface area (Å²) in [4.78, 5) is 11.7. The Labute approximate surface area is 118 Å². The van der Waals surface area contributed by atoms with Crippen LogP contribution in [0.5, 0.6) is 0 Å². The van der Waals surface area contributed by atoms with E-state index in [1.165, 1.54) is 11.1 Å². The highest BCUT2D eigenvalue weighted by molar-refractivity contribution is 9.09. The molecule has 1 rings (SSSR count). The van der Waals surface area contributed by atoms with Gasteiger partial charge < -0.3 is 5.32 Å². The van der Waals surface area contributed by atoms with Crippen molar-refractivity contribution in [3.8, 4) is 0 Å². The Bertz CT molecular complexity index is 373. The lowest BCUT2D eigenvalue weighted by molar-refractivity contribution is -0.121. The molecule has 0 aromatic heterocycles. The third-order valence-corrected chi connectivity index (χ3v) is 3.45. The van der Waals surface area contributed by atoms with Crippen LogP contribution in [0.25, 0.3) is 0 Å². The Hall–Kier alpha value is -0.830. The van der Waals surface area contributed by atoms with Gasteiger partial charge in [-0.2, -0.15) is 0 Å². The monoisotopic (exact) mass is 311 g/mol. The molecular weight excluding hydrogens is 290 g/mol. The molecule has 18 heavy (non-hydrogen) atoms. The molecule has 0 saturated carbocycles. The van der Waals surface area contributed by atoms with E-state index < -0.39 is 0 Å². The first-order valence-electron chi connectivity index (χ1n) is 6.52. The number of carbonyl (C=O) groups is 1. The van der Waals surface area contributed by atoms with Gasteiger partial charge in [-0.1, -0.05) is 61.0 Å². The fourth-order valence-electron chi connectivity index (χ4n) is 1.93. The minimum absolute atomic E-state index is 0.0995. The molecule has 0 fully saturated rings. The van der Waals surface area contributed by atoms with Crippen LogP contribution < -0.4 is 5.32 Å². The number of rotatable bonds is 6. The van der Waals surface area contributed by atoms with Gasteiger partial charge in [0, 0.05) is 11.8 Å². The predicted molar refractivity (Wildman–Crippen MR) is 80.0 cm³/mol. The van der Waals surface area contributed by atoms with E-state index in [4.69, 9.17) is 0 Å². The molecule has 1 aromatic rings. The third kappa shape index (κ3) is 4.45. The van der Waals surface area contributed by atoms with E-state index in [0.717, 1.165) is 6.42 Å². The molecule has 0 aliphatic carbocycles. The number of hydrogen-bond acceptors (Lipinski definition) is 1. The lowest BCUT2D eigenvalue weighted by Gasteiger charge is -2.23. The summed E-state index contributed by atoms with van der Waals surface area (Å²) < 4.78 is 0. The molecule has 0 bridgehead atoms. The number of nitrogens with one attached hydrogen (secondary N) is 1. The molecule has 0 aliphatic heterocycles. The van der Waals surface area contributed by atoms with Crippen LogP contribution in [0.2, 0.25) is 0 Å². The van der Waals surface area contributed by atoms with Crippen molar-refractivity contribution in [2.45, 2.75) is 39.7 Å². The molecule has 3 heteroatoms. The summed E-state index contributed by atoms with van der Waals surface area (Å²) in [5, 5.41) is 3.81. The summed E-state index contributed by atoms with van der Waals surface area (Å²) in [6, 6.07) is 8.63. The van der Waals surface area contributed by atoms with Crippen molar-refractivity contribution in [1.29, 1.82) is 0 Å². The van der Waals surface area contributed by atoms with Crippen molar-refractivity contribution in [2.24, 2.45) is 5.92 Å². The summed E-state index contributed by atoms with van der Waals surface area (Å²) in [6.45, 7) is 6.41. The number of alkyl halides is 1. The number of amides is 1. The fourth-order valence-corrected chi connectivity index (χ4v) is 2.29. The Balaban J connectivity index is 2.80. The Morgan fingerprint density at radius 2 is 1.89 bits per heavy atom. The highest BCUT2D eigenvalue weighted by Gasteiger charge is 2.17. The average molecular weight is 312 g/mol. The first kappa shape index (κ1) is 15.2. The Morgan fingerprint density at radius 3 is 2.33 bits per heavy atom. The van der Waals surface area contributed by atoms with E-state index in [1.54, 1.807) is 0 Å². The predicted octanol–water partition coefficient (Wildman–Crippen LogP) is 3.85. The van der Waals surface area contributed by atoms with E-state index >= 15 is 0 Å². The minimum Gasteiger partial charge on any atom is -0.349 e. The molecule has 2 nitrogen and oxygen atoms in total. The highest BCUT2D eigenvalue weighted by atomic mass is 79.9. The van der Waals surface area contributed by atoms with Crippen LogP contribution in [-0.2, 0) is 11.2 Å². The molecule has 1 N–H and O–H groups in total. The quantitative estimate of drug-likeness (QED) is 0.794. The zero-order chi connectivity index (χ0) is 13.5. The van der Waals surface area contributed by atoms with Crippen LogP contribution in [0.1, 0.15) is 44.4 Å². The van der Waals surface area contributed by atoms with Crippen LogP contribution in [0, 0.1) is 5.92 Å². The molecule has 0 saturated heterocycles. The van der Waals surface area contributed by atoms with Crippen LogP contribution in [0.4, 0.5) is 0 Å². The van der Waals surface area contributed by atoms with Crippen LogP contribution >= 0.6 is 15.9 Å². The van der Waals surface area contributed by atoms with Crippen LogP contribution in [-0.4, -0.2) is 11.2 Å². The average Bonchev–Trinajstić information content (AvgIpc) is 2.36. The van der Waals surface area contributed by atoms with Gasteiger partial charge in [-0.3, -0.25) is 4.79 Å². The standard InChI is InChI=1S/C15H22BrNO/c1-4-12-5-7-13(8-6-12)15(11(2)3)17-14(18)9-10-16/h5-8,11,15H,4,9-10H2,1-3H3,(H,17,18). The van der Waals surface area contributed by atoms with Gasteiger partial charge in [-0.15, -0.1) is 0 Å². The lowest BCUT2D eigenvalue weighted by atomic mass is 9.95. The zero-order valence-corrected chi connectivity index (χ0v) is 13.0. The molecule has 1 aromatic carbocycles. The maximum atomic E-state index is 11.7. The smallest absolute Gasteiger partial charge is 0.221 e. The van der Waals surface area contributed by atoms with E-state index in [9.17, 15) is 4.79 Å². The molecular formula is C15H22BrNO. The summed E-state index contributed by atoms with van der Waals surface area (Å²) in [7, 11) is 0. The molecule has 1 atom stereocenters. The maximum absolute atomic E-state index is 11.7. The maximum Gasteiger partial charge on any atom is 0.221 e. The number of benzene rings is 1. The number of hydrogen-bond donors (Lipinski definition) is 1. The van der Waals surface area contributed by atoms with E-state index in [0.29, 0.717) is 17.7 Å². The fraction of sp³-hybridized carbons (Fsp3) is 0.533. The molecule has 100 valence electrons. The topological polar surface area (TPSA) is 29.1 Å². The van der Waals surface area contributed by atoms with Crippen molar-refractivity contribution < 1.29 is 4.79 Å². The normalized spacial score (nSPS) is 12.5. The molecule has 0 radical (unpaired) electrons. The summed E-state index contributed by atoms with van der Waals surface area (Å²) >= 11 is 3.29. The van der Waals surface area contributed by atoms with Crippen molar-refractivity contribution in [3.05, 3.63) is 35.4 Å². The van der Waals surface area contributed by atoms with Gasteiger partial charge in [0.1, 0.15) is 0 Å². The summed E-state index contributed by atoms with van der Waals surface area (Å²) in [5.41, 5.74) is 2.51. The van der Waals surface area contributed by atoms with E-state index in [-0.39, 0.29) is 11.9 Å². The molecule has 0 heterocycles. The second-order valence-corrected chi connectivity index (χ2v) is 5.62. The van der Waals surface area contributed by atoms with Crippen molar-refractivity contribution in [1.82, 2.24) is 5.32 Å². The summed E-state index contributed by atoms with van der Waals surface area (Å²) in [6.07, 6.45) is 1.57. The van der Waals surface area contributed by atoms with E-state index in [1.807, 2.05) is 0 Å². The Kier molecular flexibility index (Phi) is 6.41. The van der Waals surface area contributed by atoms with Crippen LogP contribution in [0.15, 0.2) is 24.3 Å². The van der Waals surface area contributed by atoms with Gasteiger partial charge in [0.15, 0.2) is 0 Å². The SMILES string of the molecule is CCc1ccc(C(NC(=O)CCBr)C(C)C)cc1. The van der Waals surface area contributed by atoms with Gasteiger partial charge in [0.25, 0.3) is 0 Å². The summed E-state index contributed by atoms with van der Waals surface area (Å²) in [5.74, 6) is 0.488. The molecule has 0 aliphatic rings. The van der Waals surface area contributed by atoms with Gasteiger partial charge in [-0.05, 0) is 23.5 Å². The van der Waals surface area contributed by atoms with Crippen molar-refractivity contribution in [3.63, 3.8) is 0 Å². The molecule has 1 unspecified atom stereocenters. The minimum atomic E-state index is 0.0995. The third-order valence-electron chi connectivity index (χ3n) is 3.05. The second kappa shape index (κ2) is 7.57. The largest absolute Gasteiger partial charge is 0.349 e. The van der Waals surface area contributed by atoms with Gasteiger partial charge in [0.05, 0.1) is 6.04 Å². The first-order valence-corrected chi connectivity index (χ1v) is 7.64. The van der Waals surface area contributed by atoms with Gasteiger partial charge in [0.2, 0.25) is 5.91 Å². The van der Waals surface area contributed by atoms with Crippen molar-refractivity contribution in [2.75, 3.05) is 5.33 Å². The van der Waals surface area contributed by atoms with Gasteiger partial charge in [-0.25, -0.2) is 0 Å². The number of halogens is 1. The Morgan fingerprint density at radius 1 is 1.28 bits per heavy atom. The molecule has 0 spiro atoms. The number of aryl methyl sites for hydroxylation is 1. The molecule has 1 amide bonds. The lowest BCUT2D eigenvalue weighted by Crippen LogP contribution is -2.31. The zero-order valence-electron chi connectivity index (χ0n) is 11.4. The first-order chi connectivity index (χ1) is 8.58. The van der Waals surface area contributed by atoms with Crippen LogP contribution in [0.3, 0.4) is 0 Å². The second-order valence-electron chi connectivity index (χ2n) is 4.82. The van der Waals surface area contributed by atoms with E-state index in [2.05, 4.69) is 66.3 Å². The van der Waals surface area contributed by atoms with Gasteiger partial charge >= 0.3 is 0 Å². The number of carbonyl (C=O) groups excluding carboxylic acids is 1.